The van der Waals surface area contributed by atoms with Gasteiger partial charge in [0.1, 0.15) is 0 Å². The van der Waals surface area contributed by atoms with Crippen molar-refractivity contribution in [2.75, 3.05) is 23.0 Å². The predicted octanol–water partition coefficient (Wildman–Crippen LogP) is 4.33. The number of carbonyl (C=O) groups is 2. The summed E-state index contributed by atoms with van der Waals surface area (Å²) in [6, 6.07) is 14.9. The van der Waals surface area contributed by atoms with Gasteiger partial charge in [0.25, 0.3) is 5.91 Å². The maximum absolute atomic E-state index is 12.5. The summed E-state index contributed by atoms with van der Waals surface area (Å²) in [5.74, 6) is -0.233. The van der Waals surface area contributed by atoms with Crippen molar-refractivity contribution in [3.63, 3.8) is 0 Å². The lowest BCUT2D eigenvalue weighted by Crippen LogP contribution is -2.24. The van der Waals surface area contributed by atoms with Crippen LogP contribution < -0.4 is 10.2 Å². The molecule has 4 rings (SSSR count). The third kappa shape index (κ3) is 4.20. The highest BCUT2D eigenvalue weighted by atomic mass is 79.9. The normalized spacial score (nSPS) is 16.3. The standard InChI is InChI=1S/C20H17BrN4O3S/c1-29-14-8-6-13(7-9-14)25-11-12(10-17(25)26)19-23-24-20(28-19)22-18(27)15-4-2-3-5-16(15)21/h2-9,12H,10-11H2,1H3,(H,22,24,27)/t12-/m0/s1. The molecule has 0 unspecified atom stereocenters. The van der Waals surface area contributed by atoms with Crippen molar-refractivity contribution < 1.29 is 14.0 Å². The molecule has 1 atom stereocenters. The number of amides is 2. The Morgan fingerprint density at radius 1 is 1.21 bits per heavy atom. The van der Waals surface area contributed by atoms with E-state index in [4.69, 9.17) is 4.42 Å². The Kier molecular flexibility index (Phi) is 5.68. The van der Waals surface area contributed by atoms with Crippen molar-refractivity contribution in [1.82, 2.24) is 10.2 Å². The van der Waals surface area contributed by atoms with E-state index >= 15 is 0 Å². The van der Waals surface area contributed by atoms with Gasteiger partial charge in [0.05, 0.1) is 11.5 Å². The highest BCUT2D eigenvalue weighted by Gasteiger charge is 2.35. The zero-order valence-electron chi connectivity index (χ0n) is 15.5. The lowest BCUT2D eigenvalue weighted by molar-refractivity contribution is -0.117. The first-order valence-electron chi connectivity index (χ1n) is 8.89. The minimum atomic E-state index is -0.356. The van der Waals surface area contributed by atoms with Crippen LogP contribution in [0.5, 0.6) is 0 Å². The topological polar surface area (TPSA) is 88.3 Å². The second-order valence-electron chi connectivity index (χ2n) is 6.48. The molecule has 1 aliphatic rings. The fraction of sp³-hybridized carbons (Fsp3) is 0.200. The number of aromatic nitrogens is 2. The van der Waals surface area contributed by atoms with E-state index in [-0.39, 0.29) is 30.2 Å². The number of hydrogen-bond donors (Lipinski definition) is 1. The molecule has 1 saturated heterocycles. The van der Waals surface area contributed by atoms with E-state index in [0.717, 1.165) is 10.6 Å². The number of carbonyl (C=O) groups excluding carboxylic acids is 2. The van der Waals surface area contributed by atoms with Gasteiger partial charge >= 0.3 is 6.01 Å². The molecule has 1 fully saturated rings. The van der Waals surface area contributed by atoms with E-state index in [9.17, 15) is 9.59 Å². The number of anilines is 2. The van der Waals surface area contributed by atoms with Crippen molar-refractivity contribution >= 4 is 51.2 Å². The van der Waals surface area contributed by atoms with Gasteiger partial charge in [-0.1, -0.05) is 17.2 Å². The Balaban J connectivity index is 1.45. The summed E-state index contributed by atoms with van der Waals surface area (Å²) in [5.41, 5.74) is 1.31. The molecule has 2 amide bonds. The minimum absolute atomic E-state index is 0.00361. The summed E-state index contributed by atoms with van der Waals surface area (Å²) in [6.07, 6.45) is 2.29. The Labute approximate surface area is 180 Å². The van der Waals surface area contributed by atoms with Crippen LogP contribution >= 0.6 is 27.7 Å². The summed E-state index contributed by atoms with van der Waals surface area (Å²) in [4.78, 5) is 27.7. The lowest BCUT2D eigenvalue weighted by Gasteiger charge is -2.16. The Bertz CT molecular complexity index is 1050. The van der Waals surface area contributed by atoms with Crippen molar-refractivity contribution in [3.8, 4) is 0 Å². The van der Waals surface area contributed by atoms with Gasteiger partial charge in [0.15, 0.2) is 0 Å². The molecule has 0 saturated carbocycles. The van der Waals surface area contributed by atoms with Gasteiger partial charge in [-0.15, -0.1) is 16.9 Å². The van der Waals surface area contributed by atoms with Gasteiger partial charge in [-0.2, -0.15) is 0 Å². The first-order valence-corrected chi connectivity index (χ1v) is 10.9. The largest absolute Gasteiger partial charge is 0.407 e. The molecule has 0 aliphatic carbocycles. The number of nitrogens with one attached hydrogen (secondary N) is 1. The average molecular weight is 473 g/mol. The number of rotatable bonds is 5. The van der Waals surface area contributed by atoms with Gasteiger partial charge in [0, 0.05) is 28.0 Å². The number of benzene rings is 2. The summed E-state index contributed by atoms with van der Waals surface area (Å²) in [7, 11) is 0. The van der Waals surface area contributed by atoms with Crippen molar-refractivity contribution in [1.29, 1.82) is 0 Å². The van der Waals surface area contributed by atoms with E-state index in [0.29, 0.717) is 22.5 Å². The van der Waals surface area contributed by atoms with Crippen LogP contribution in [0.15, 0.2) is 62.3 Å². The maximum atomic E-state index is 12.5. The molecule has 148 valence electrons. The highest BCUT2D eigenvalue weighted by Crippen LogP contribution is 2.32. The summed E-state index contributed by atoms with van der Waals surface area (Å²) < 4.78 is 6.29. The van der Waals surface area contributed by atoms with E-state index < -0.39 is 0 Å². The van der Waals surface area contributed by atoms with E-state index in [2.05, 4.69) is 31.4 Å². The Hall–Kier alpha value is -2.65. The van der Waals surface area contributed by atoms with Crippen LogP contribution in [-0.4, -0.2) is 34.8 Å². The second kappa shape index (κ2) is 8.38. The zero-order valence-corrected chi connectivity index (χ0v) is 17.9. The maximum Gasteiger partial charge on any atom is 0.322 e. The molecule has 1 aliphatic heterocycles. The molecule has 2 heterocycles. The number of nitrogens with zero attached hydrogens (tertiary/aromatic N) is 3. The molecule has 1 N–H and O–H groups in total. The van der Waals surface area contributed by atoms with Gasteiger partial charge in [0.2, 0.25) is 11.8 Å². The molecule has 0 bridgehead atoms. The van der Waals surface area contributed by atoms with Crippen molar-refractivity contribution in [2.45, 2.75) is 17.2 Å². The van der Waals surface area contributed by atoms with Crippen LogP contribution in [0.4, 0.5) is 11.7 Å². The van der Waals surface area contributed by atoms with Crippen LogP contribution in [-0.2, 0) is 4.79 Å². The quantitative estimate of drug-likeness (QED) is 0.556. The SMILES string of the molecule is CSc1ccc(N2C[C@@H](c3nnc(NC(=O)c4ccccc4Br)o3)CC2=O)cc1. The second-order valence-corrected chi connectivity index (χ2v) is 8.22. The van der Waals surface area contributed by atoms with Crippen LogP contribution in [0, 0.1) is 0 Å². The first-order chi connectivity index (χ1) is 14.0. The monoisotopic (exact) mass is 472 g/mol. The number of thioether (sulfide) groups is 1. The number of hydrogen-bond acceptors (Lipinski definition) is 6. The van der Waals surface area contributed by atoms with Gasteiger partial charge in [-0.25, -0.2) is 0 Å². The molecule has 3 aromatic rings. The number of halogens is 1. The third-order valence-corrected chi connectivity index (χ3v) is 6.07. The minimum Gasteiger partial charge on any atom is -0.407 e. The van der Waals surface area contributed by atoms with E-state index in [1.165, 1.54) is 0 Å². The summed E-state index contributed by atoms with van der Waals surface area (Å²) >= 11 is 4.99. The fourth-order valence-electron chi connectivity index (χ4n) is 3.14. The fourth-order valence-corrected chi connectivity index (χ4v) is 4.02. The third-order valence-electron chi connectivity index (χ3n) is 4.64. The van der Waals surface area contributed by atoms with Crippen LogP contribution in [0.2, 0.25) is 0 Å². The van der Waals surface area contributed by atoms with Crippen molar-refractivity contribution in [2.24, 2.45) is 0 Å². The van der Waals surface area contributed by atoms with E-state index in [1.54, 1.807) is 34.9 Å². The molecule has 7 nitrogen and oxygen atoms in total. The molecular weight excluding hydrogens is 456 g/mol. The summed E-state index contributed by atoms with van der Waals surface area (Å²) in [6.45, 7) is 0.456. The van der Waals surface area contributed by atoms with Gasteiger partial charge in [-0.3, -0.25) is 14.9 Å². The first kappa shape index (κ1) is 19.7. The molecule has 0 radical (unpaired) electrons. The molecular formula is C20H17BrN4O3S. The lowest BCUT2D eigenvalue weighted by atomic mass is 10.1. The Morgan fingerprint density at radius 2 is 1.97 bits per heavy atom. The summed E-state index contributed by atoms with van der Waals surface area (Å²) in [5, 5.41) is 10.5. The van der Waals surface area contributed by atoms with E-state index in [1.807, 2.05) is 36.6 Å². The van der Waals surface area contributed by atoms with Gasteiger partial charge in [-0.05, 0) is 58.6 Å². The average Bonchev–Trinajstić information content (AvgIpc) is 3.35. The predicted molar refractivity (Wildman–Crippen MR) is 114 cm³/mol. The van der Waals surface area contributed by atoms with Gasteiger partial charge < -0.3 is 9.32 Å². The molecule has 1 aromatic heterocycles. The molecule has 2 aromatic carbocycles. The smallest absolute Gasteiger partial charge is 0.322 e. The van der Waals surface area contributed by atoms with Crippen LogP contribution in [0.3, 0.4) is 0 Å². The van der Waals surface area contributed by atoms with Crippen LogP contribution in [0.25, 0.3) is 0 Å². The van der Waals surface area contributed by atoms with Crippen molar-refractivity contribution in [3.05, 3.63) is 64.5 Å². The zero-order chi connectivity index (χ0) is 20.4. The highest BCUT2D eigenvalue weighted by molar-refractivity contribution is 9.10. The Morgan fingerprint density at radius 3 is 2.69 bits per heavy atom. The molecule has 0 spiro atoms. The van der Waals surface area contributed by atoms with Crippen LogP contribution in [0.1, 0.15) is 28.6 Å². The molecule has 29 heavy (non-hydrogen) atoms. The molecule has 9 heteroatoms.